The first kappa shape index (κ1) is 21.9. The standard InChI is InChI=1S/C21H26Cl2N2O4/c1-20(2)7-14-8-21(3,11-20)12-25(14)17(26)10-29-18(27)9-24-19(28)13-4-5-15(22)16(23)6-13/h4-6,14H,7-12H2,1-3H3,(H,24,28)/t14-,21+/m1/s1. The first-order chi connectivity index (χ1) is 13.5. The molecule has 29 heavy (non-hydrogen) atoms. The first-order valence-corrected chi connectivity index (χ1v) is 10.4. The van der Waals surface area contributed by atoms with Crippen LogP contribution in [-0.2, 0) is 14.3 Å². The van der Waals surface area contributed by atoms with E-state index in [1.807, 2.05) is 4.90 Å². The molecule has 2 amide bonds. The molecule has 6 nitrogen and oxygen atoms in total. The summed E-state index contributed by atoms with van der Waals surface area (Å²) in [6.07, 6.45) is 3.04. The Bertz CT molecular complexity index is 842. The van der Waals surface area contributed by atoms with E-state index in [1.165, 1.54) is 18.2 Å². The Morgan fingerprint density at radius 2 is 1.90 bits per heavy atom. The second kappa shape index (κ2) is 8.15. The molecule has 0 spiro atoms. The highest BCUT2D eigenvalue weighted by atomic mass is 35.5. The monoisotopic (exact) mass is 440 g/mol. The van der Waals surface area contributed by atoms with Crippen molar-refractivity contribution in [2.45, 2.75) is 46.1 Å². The van der Waals surface area contributed by atoms with Crippen LogP contribution >= 0.6 is 23.2 Å². The predicted molar refractivity (Wildman–Crippen MR) is 111 cm³/mol. The van der Waals surface area contributed by atoms with Crippen molar-refractivity contribution in [2.75, 3.05) is 19.7 Å². The van der Waals surface area contributed by atoms with Gasteiger partial charge >= 0.3 is 5.97 Å². The minimum Gasteiger partial charge on any atom is -0.454 e. The molecule has 8 heteroatoms. The molecule has 1 aromatic carbocycles. The minimum atomic E-state index is -0.666. The highest BCUT2D eigenvalue weighted by Gasteiger charge is 2.50. The Labute approximate surface area is 180 Å². The molecule has 1 aromatic rings. The summed E-state index contributed by atoms with van der Waals surface area (Å²) < 4.78 is 5.09. The molecule has 1 heterocycles. The van der Waals surface area contributed by atoms with Crippen LogP contribution in [0.5, 0.6) is 0 Å². The number of esters is 1. The van der Waals surface area contributed by atoms with Gasteiger partial charge in [0.15, 0.2) is 6.61 Å². The third-order valence-corrected chi connectivity index (χ3v) is 6.41. The van der Waals surface area contributed by atoms with Gasteiger partial charge in [-0.3, -0.25) is 14.4 Å². The molecule has 1 aliphatic heterocycles. The number of amides is 2. The Balaban J connectivity index is 1.46. The van der Waals surface area contributed by atoms with Crippen LogP contribution in [0.3, 0.4) is 0 Å². The quantitative estimate of drug-likeness (QED) is 0.708. The van der Waals surface area contributed by atoms with E-state index >= 15 is 0 Å². The van der Waals surface area contributed by atoms with Crippen molar-refractivity contribution < 1.29 is 19.1 Å². The summed E-state index contributed by atoms with van der Waals surface area (Å²) >= 11 is 11.7. The number of fused-ring (bicyclic) bond motifs is 2. The van der Waals surface area contributed by atoms with E-state index in [0.29, 0.717) is 11.6 Å². The highest BCUT2D eigenvalue weighted by molar-refractivity contribution is 6.42. The first-order valence-electron chi connectivity index (χ1n) is 9.66. The van der Waals surface area contributed by atoms with Crippen molar-refractivity contribution in [1.82, 2.24) is 10.2 Å². The zero-order valence-electron chi connectivity index (χ0n) is 16.9. The van der Waals surface area contributed by atoms with Crippen LogP contribution in [0.4, 0.5) is 0 Å². The summed E-state index contributed by atoms with van der Waals surface area (Å²) in [5.41, 5.74) is 0.612. The topological polar surface area (TPSA) is 75.7 Å². The fraction of sp³-hybridized carbons (Fsp3) is 0.571. The largest absolute Gasteiger partial charge is 0.454 e. The maximum atomic E-state index is 12.6. The number of likely N-dealkylation sites (tertiary alicyclic amines) is 1. The number of benzene rings is 1. The lowest BCUT2D eigenvalue weighted by atomic mass is 9.65. The molecular formula is C21H26Cl2N2O4. The number of hydrogen-bond donors (Lipinski definition) is 1. The summed E-state index contributed by atoms with van der Waals surface area (Å²) in [5.74, 6) is -1.32. The Kier molecular flexibility index (Phi) is 6.16. The van der Waals surface area contributed by atoms with Crippen molar-refractivity contribution in [3.63, 3.8) is 0 Å². The lowest BCUT2D eigenvalue weighted by molar-refractivity contribution is -0.151. The van der Waals surface area contributed by atoms with Crippen LogP contribution in [0.1, 0.15) is 50.4 Å². The van der Waals surface area contributed by atoms with Gasteiger partial charge < -0.3 is 15.0 Å². The summed E-state index contributed by atoms with van der Waals surface area (Å²) in [6.45, 7) is 6.75. The van der Waals surface area contributed by atoms with Gasteiger partial charge in [-0.05, 0) is 48.3 Å². The molecule has 2 fully saturated rings. The molecule has 158 valence electrons. The molecule has 1 aliphatic carbocycles. The van der Waals surface area contributed by atoms with Crippen molar-refractivity contribution in [1.29, 1.82) is 0 Å². The highest BCUT2D eigenvalue weighted by Crippen LogP contribution is 2.52. The maximum Gasteiger partial charge on any atom is 0.325 e. The number of nitrogens with one attached hydrogen (secondary N) is 1. The number of halogens is 2. The van der Waals surface area contributed by atoms with E-state index in [4.69, 9.17) is 27.9 Å². The number of ether oxygens (including phenoxy) is 1. The van der Waals surface area contributed by atoms with Crippen LogP contribution < -0.4 is 5.32 Å². The molecule has 2 aliphatic rings. The predicted octanol–water partition coefficient (Wildman–Crippen LogP) is 3.69. The molecule has 2 bridgehead atoms. The molecule has 3 rings (SSSR count). The van der Waals surface area contributed by atoms with Crippen LogP contribution in [0.2, 0.25) is 10.0 Å². The second-order valence-electron chi connectivity index (χ2n) is 9.21. The van der Waals surface area contributed by atoms with E-state index in [0.717, 1.165) is 19.3 Å². The van der Waals surface area contributed by atoms with Gasteiger partial charge in [0.05, 0.1) is 10.0 Å². The van der Waals surface area contributed by atoms with Crippen molar-refractivity contribution in [3.8, 4) is 0 Å². The Hall–Kier alpha value is -1.79. The van der Waals surface area contributed by atoms with E-state index < -0.39 is 11.9 Å². The maximum absolute atomic E-state index is 12.6. The number of carbonyl (C=O) groups is 3. The van der Waals surface area contributed by atoms with Gasteiger partial charge in [-0.2, -0.15) is 0 Å². The summed E-state index contributed by atoms with van der Waals surface area (Å²) in [6, 6.07) is 4.63. The smallest absolute Gasteiger partial charge is 0.325 e. The average Bonchev–Trinajstić information content (AvgIpc) is 2.88. The molecule has 0 radical (unpaired) electrons. The SMILES string of the molecule is CC1(C)C[C@@H]2C[C@](C)(CN2C(=O)COC(=O)CNC(=O)c2ccc(Cl)c(Cl)c2)C1. The van der Waals surface area contributed by atoms with Gasteiger partial charge in [0.25, 0.3) is 11.8 Å². The van der Waals surface area contributed by atoms with Crippen LogP contribution in [0.25, 0.3) is 0 Å². The number of carbonyl (C=O) groups excluding carboxylic acids is 3. The number of rotatable bonds is 5. The summed E-state index contributed by atoms with van der Waals surface area (Å²) in [5, 5.41) is 3.04. The summed E-state index contributed by atoms with van der Waals surface area (Å²) in [4.78, 5) is 38.5. The van der Waals surface area contributed by atoms with Crippen molar-refractivity contribution in [2.24, 2.45) is 10.8 Å². The number of hydrogen-bond acceptors (Lipinski definition) is 4. The molecule has 2 atom stereocenters. The zero-order chi connectivity index (χ0) is 21.4. The lowest BCUT2D eigenvalue weighted by Crippen LogP contribution is -2.40. The second-order valence-corrected chi connectivity index (χ2v) is 10.0. The Morgan fingerprint density at radius 1 is 1.17 bits per heavy atom. The molecule has 1 saturated carbocycles. The molecule has 1 saturated heterocycles. The van der Waals surface area contributed by atoms with Crippen LogP contribution in [0.15, 0.2) is 18.2 Å². The molecule has 0 unspecified atom stereocenters. The van der Waals surface area contributed by atoms with E-state index in [2.05, 4.69) is 26.1 Å². The normalized spacial score (nSPS) is 24.9. The van der Waals surface area contributed by atoms with E-state index in [1.54, 1.807) is 0 Å². The fourth-order valence-corrected chi connectivity index (χ4v) is 5.22. The molecule has 1 N–H and O–H groups in total. The van der Waals surface area contributed by atoms with Gasteiger partial charge in [0.1, 0.15) is 6.54 Å². The van der Waals surface area contributed by atoms with Crippen molar-refractivity contribution in [3.05, 3.63) is 33.8 Å². The lowest BCUT2D eigenvalue weighted by Gasteiger charge is -2.39. The van der Waals surface area contributed by atoms with Crippen LogP contribution in [0, 0.1) is 10.8 Å². The van der Waals surface area contributed by atoms with Gasteiger partial charge in [0.2, 0.25) is 0 Å². The average molecular weight is 441 g/mol. The zero-order valence-corrected chi connectivity index (χ0v) is 18.4. The van der Waals surface area contributed by atoms with Gasteiger partial charge in [-0.25, -0.2) is 0 Å². The summed E-state index contributed by atoms with van der Waals surface area (Å²) in [7, 11) is 0. The number of nitrogens with zero attached hydrogens (tertiary/aromatic N) is 1. The Morgan fingerprint density at radius 3 is 2.59 bits per heavy atom. The molecular weight excluding hydrogens is 415 g/mol. The van der Waals surface area contributed by atoms with E-state index in [-0.39, 0.29) is 46.5 Å². The molecule has 0 aromatic heterocycles. The van der Waals surface area contributed by atoms with Crippen molar-refractivity contribution >= 4 is 41.0 Å². The third-order valence-electron chi connectivity index (χ3n) is 5.67. The van der Waals surface area contributed by atoms with Gasteiger partial charge in [-0.15, -0.1) is 0 Å². The van der Waals surface area contributed by atoms with Gasteiger partial charge in [0, 0.05) is 18.2 Å². The minimum absolute atomic E-state index is 0.125. The van der Waals surface area contributed by atoms with E-state index in [9.17, 15) is 14.4 Å². The van der Waals surface area contributed by atoms with Gasteiger partial charge in [-0.1, -0.05) is 44.0 Å². The van der Waals surface area contributed by atoms with Crippen LogP contribution in [-0.4, -0.2) is 48.4 Å². The third kappa shape index (κ3) is 5.23. The fourth-order valence-electron chi connectivity index (χ4n) is 4.92.